The predicted octanol–water partition coefficient (Wildman–Crippen LogP) is 2.23. The molecule has 172 valence electrons. The van der Waals surface area contributed by atoms with Gasteiger partial charge in [-0.25, -0.2) is 12.8 Å². The number of carbonyl (C=O) groups excluding carboxylic acids is 2. The molecule has 2 amide bonds. The number of amides is 2. The van der Waals surface area contributed by atoms with Crippen LogP contribution in [-0.4, -0.2) is 50.2 Å². The Balaban J connectivity index is 1.48. The highest BCUT2D eigenvalue weighted by molar-refractivity contribution is 7.89. The average molecular weight is 462 g/mol. The maximum Gasteiger partial charge on any atom is 0.309 e. The number of hydrogen-bond donors (Lipinski definition) is 2. The van der Waals surface area contributed by atoms with Gasteiger partial charge >= 0.3 is 11.8 Å². The van der Waals surface area contributed by atoms with Crippen LogP contribution >= 0.6 is 0 Å². The highest BCUT2D eigenvalue weighted by Gasteiger charge is 2.33. The lowest BCUT2D eigenvalue weighted by molar-refractivity contribution is -0.139. The molecule has 1 fully saturated rings. The van der Waals surface area contributed by atoms with Gasteiger partial charge in [-0.15, -0.1) is 0 Å². The van der Waals surface area contributed by atoms with Crippen LogP contribution in [-0.2, 0) is 26.0 Å². The molecule has 1 saturated heterocycles. The zero-order chi connectivity index (χ0) is 23.0. The number of benzene rings is 2. The lowest BCUT2D eigenvalue weighted by Crippen LogP contribution is -2.46. The molecular weight excluding hydrogens is 433 g/mol. The van der Waals surface area contributed by atoms with Gasteiger partial charge in [0.15, 0.2) is 0 Å². The molecule has 2 N–H and O–H groups in total. The summed E-state index contributed by atoms with van der Waals surface area (Å²) >= 11 is 0. The normalized spacial score (nSPS) is 17.0. The van der Waals surface area contributed by atoms with Crippen molar-refractivity contribution in [2.24, 2.45) is 0 Å². The Morgan fingerprint density at radius 1 is 0.938 bits per heavy atom. The fourth-order valence-electron chi connectivity index (χ4n) is 3.80. The Kier molecular flexibility index (Phi) is 8.35. The zero-order valence-electron chi connectivity index (χ0n) is 17.8. The number of rotatable bonds is 8. The molecule has 0 aromatic heterocycles. The van der Waals surface area contributed by atoms with Crippen LogP contribution in [0.3, 0.4) is 0 Å². The fraction of sp³-hybridized carbons (Fsp3) is 0.391. The van der Waals surface area contributed by atoms with Gasteiger partial charge in [0.25, 0.3) is 0 Å². The van der Waals surface area contributed by atoms with E-state index >= 15 is 0 Å². The first-order valence-electron chi connectivity index (χ1n) is 10.8. The van der Waals surface area contributed by atoms with Crippen LogP contribution in [0, 0.1) is 5.82 Å². The minimum atomic E-state index is -3.76. The van der Waals surface area contributed by atoms with Crippen LogP contribution in [0.5, 0.6) is 0 Å². The molecule has 32 heavy (non-hydrogen) atoms. The number of nitrogens with zero attached hydrogens (tertiary/aromatic N) is 1. The van der Waals surface area contributed by atoms with E-state index in [-0.39, 0.29) is 17.5 Å². The van der Waals surface area contributed by atoms with E-state index in [1.54, 1.807) is 0 Å². The molecule has 0 spiro atoms. The average Bonchev–Trinajstić information content (AvgIpc) is 2.80. The first-order valence-corrected chi connectivity index (χ1v) is 12.2. The minimum Gasteiger partial charge on any atom is -0.348 e. The van der Waals surface area contributed by atoms with Gasteiger partial charge in [0, 0.05) is 25.7 Å². The zero-order valence-corrected chi connectivity index (χ0v) is 18.6. The van der Waals surface area contributed by atoms with E-state index in [1.165, 1.54) is 16.4 Å². The molecule has 0 bridgehead atoms. The van der Waals surface area contributed by atoms with Crippen molar-refractivity contribution in [2.75, 3.05) is 19.6 Å². The quantitative estimate of drug-likeness (QED) is 0.590. The van der Waals surface area contributed by atoms with Gasteiger partial charge in [0.2, 0.25) is 10.0 Å². The van der Waals surface area contributed by atoms with Crippen molar-refractivity contribution in [3.05, 3.63) is 66.0 Å². The summed E-state index contributed by atoms with van der Waals surface area (Å²) in [4.78, 5) is 24.1. The number of sulfonamides is 1. The predicted molar refractivity (Wildman–Crippen MR) is 119 cm³/mol. The van der Waals surface area contributed by atoms with E-state index in [1.807, 2.05) is 30.3 Å². The third kappa shape index (κ3) is 6.37. The van der Waals surface area contributed by atoms with Crippen LogP contribution in [0.15, 0.2) is 59.5 Å². The van der Waals surface area contributed by atoms with E-state index < -0.39 is 27.7 Å². The van der Waals surface area contributed by atoms with Gasteiger partial charge in [0.1, 0.15) is 5.82 Å². The number of nitrogens with one attached hydrogen (secondary N) is 2. The molecule has 1 aliphatic heterocycles. The maximum atomic E-state index is 13.2. The third-order valence-electron chi connectivity index (χ3n) is 5.50. The van der Waals surface area contributed by atoms with E-state index in [9.17, 15) is 22.4 Å². The van der Waals surface area contributed by atoms with Crippen molar-refractivity contribution in [1.29, 1.82) is 0 Å². The fourth-order valence-corrected chi connectivity index (χ4v) is 5.52. The SMILES string of the molecule is O=C(NCCc1ccccc1)C(=O)NCC[C@H]1CCCCN1S(=O)(=O)c1ccc(F)cc1. The Morgan fingerprint density at radius 3 is 2.28 bits per heavy atom. The summed E-state index contributed by atoms with van der Waals surface area (Å²) in [6.45, 7) is 0.909. The molecule has 7 nitrogen and oxygen atoms in total. The van der Waals surface area contributed by atoms with Gasteiger partial charge in [0.05, 0.1) is 4.90 Å². The molecule has 0 radical (unpaired) electrons. The third-order valence-corrected chi connectivity index (χ3v) is 7.47. The first-order chi connectivity index (χ1) is 15.4. The second-order valence-corrected chi connectivity index (χ2v) is 9.65. The molecule has 3 rings (SSSR count). The molecule has 0 saturated carbocycles. The maximum absolute atomic E-state index is 13.2. The Morgan fingerprint density at radius 2 is 1.59 bits per heavy atom. The Labute approximate surface area is 188 Å². The summed E-state index contributed by atoms with van der Waals surface area (Å²) < 4.78 is 40.6. The highest BCUT2D eigenvalue weighted by Crippen LogP contribution is 2.27. The highest BCUT2D eigenvalue weighted by atomic mass is 32.2. The molecule has 2 aromatic carbocycles. The Hall–Kier alpha value is -2.78. The molecular formula is C23H28FN3O4S. The van der Waals surface area contributed by atoms with Crippen molar-refractivity contribution < 1.29 is 22.4 Å². The summed E-state index contributed by atoms with van der Waals surface area (Å²) in [5.41, 5.74) is 1.06. The summed E-state index contributed by atoms with van der Waals surface area (Å²) in [6.07, 6.45) is 3.31. The number of halogens is 1. The van der Waals surface area contributed by atoms with Gasteiger partial charge < -0.3 is 10.6 Å². The molecule has 0 aliphatic carbocycles. The standard InChI is InChI=1S/C23H28FN3O4S/c24-19-9-11-21(12-10-19)32(30,31)27-17-5-4-8-20(27)14-16-26-23(29)22(28)25-15-13-18-6-2-1-3-7-18/h1-3,6-7,9-12,20H,4-5,8,13-17H2,(H,25,28)(H,26,29)/t20-/m1/s1. The van der Waals surface area contributed by atoms with Crippen LogP contribution in [0.2, 0.25) is 0 Å². The van der Waals surface area contributed by atoms with Crippen LogP contribution < -0.4 is 10.6 Å². The van der Waals surface area contributed by atoms with Crippen molar-refractivity contribution in [1.82, 2.24) is 14.9 Å². The van der Waals surface area contributed by atoms with Gasteiger partial charge in [-0.2, -0.15) is 4.31 Å². The lowest BCUT2D eigenvalue weighted by atomic mass is 10.0. The molecule has 0 unspecified atom stereocenters. The molecule has 9 heteroatoms. The summed E-state index contributed by atoms with van der Waals surface area (Å²) in [5, 5.41) is 5.17. The summed E-state index contributed by atoms with van der Waals surface area (Å²) in [6, 6.07) is 14.1. The van der Waals surface area contributed by atoms with Crippen molar-refractivity contribution in [3.8, 4) is 0 Å². The van der Waals surface area contributed by atoms with E-state index in [0.29, 0.717) is 32.4 Å². The van der Waals surface area contributed by atoms with Gasteiger partial charge in [-0.05, 0) is 55.5 Å². The molecule has 1 aliphatic rings. The van der Waals surface area contributed by atoms with E-state index in [2.05, 4.69) is 10.6 Å². The van der Waals surface area contributed by atoms with Crippen molar-refractivity contribution >= 4 is 21.8 Å². The number of carbonyl (C=O) groups is 2. The lowest BCUT2D eigenvalue weighted by Gasteiger charge is -2.34. The monoisotopic (exact) mass is 461 g/mol. The van der Waals surface area contributed by atoms with Gasteiger partial charge in [-0.1, -0.05) is 36.8 Å². The topological polar surface area (TPSA) is 95.6 Å². The molecule has 2 aromatic rings. The number of hydrogen-bond acceptors (Lipinski definition) is 4. The first kappa shape index (κ1) is 23.9. The molecule has 1 heterocycles. The molecule has 1 atom stereocenters. The number of piperidine rings is 1. The minimum absolute atomic E-state index is 0.0487. The summed E-state index contributed by atoms with van der Waals surface area (Å²) in [7, 11) is -3.76. The van der Waals surface area contributed by atoms with Crippen molar-refractivity contribution in [3.63, 3.8) is 0 Å². The van der Waals surface area contributed by atoms with E-state index in [4.69, 9.17) is 0 Å². The largest absolute Gasteiger partial charge is 0.348 e. The second-order valence-electron chi connectivity index (χ2n) is 7.76. The summed E-state index contributed by atoms with van der Waals surface area (Å²) in [5.74, 6) is -1.94. The van der Waals surface area contributed by atoms with Gasteiger partial charge in [-0.3, -0.25) is 9.59 Å². The van der Waals surface area contributed by atoms with Crippen LogP contribution in [0.4, 0.5) is 4.39 Å². The van der Waals surface area contributed by atoms with E-state index in [0.717, 1.165) is 30.5 Å². The van der Waals surface area contributed by atoms with Crippen molar-refractivity contribution in [2.45, 2.75) is 43.0 Å². The Bertz CT molecular complexity index is 1010. The van der Waals surface area contributed by atoms with Crippen LogP contribution in [0.25, 0.3) is 0 Å². The van der Waals surface area contributed by atoms with Crippen LogP contribution in [0.1, 0.15) is 31.2 Å². The smallest absolute Gasteiger partial charge is 0.309 e. The second kappa shape index (κ2) is 11.2.